The molecule has 0 aromatic heterocycles. The fraction of sp³-hybridized carbons (Fsp3) is 0.833. The van der Waals surface area contributed by atoms with Crippen LogP contribution in [0, 0.1) is 16.7 Å². The molecule has 0 aromatic carbocycles. The predicted molar refractivity (Wildman–Crippen MR) is 74.3 cm³/mol. The number of hydrogen-bond acceptors (Lipinski definition) is 3. The van der Waals surface area contributed by atoms with Crippen molar-refractivity contribution in [3.8, 4) is 6.07 Å². The molecule has 0 aliphatic carbocycles. The van der Waals surface area contributed by atoms with Gasteiger partial charge >= 0.3 is 6.09 Å². The second-order valence-electron chi connectivity index (χ2n) is 5.55. The number of amides is 1. The Kier molecular flexibility index (Phi) is 4.81. The molecule has 1 heterocycles. The van der Waals surface area contributed by atoms with Gasteiger partial charge in [0.05, 0.1) is 6.07 Å². The van der Waals surface area contributed by atoms with Crippen molar-refractivity contribution in [1.82, 2.24) is 4.90 Å². The number of carbonyl (C=O) groups is 1. The van der Waals surface area contributed by atoms with Crippen LogP contribution in [0.4, 0.5) is 9.18 Å². The summed E-state index contributed by atoms with van der Waals surface area (Å²) in [5, 5.41) is 9.09. The van der Waals surface area contributed by atoms with Gasteiger partial charge in [-0.25, -0.2) is 9.18 Å². The van der Waals surface area contributed by atoms with Crippen LogP contribution in [0.2, 0.25) is 0 Å². The number of halogens is 2. The maximum atomic E-state index is 13.9. The maximum Gasteiger partial charge on any atom is 0.410 e. The van der Waals surface area contributed by atoms with Gasteiger partial charge in [-0.2, -0.15) is 5.26 Å². The van der Waals surface area contributed by atoms with Crippen LogP contribution in [0.3, 0.4) is 0 Å². The van der Waals surface area contributed by atoms with Crippen LogP contribution in [0.25, 0.3) is 0 Å². The molecule has 0 N–H and O–H groups in total. The summed E-state index contributed by atoms with van der Waals surface area (Å²) >= 11 is 2.08. The topological polar surface area (TPSA) is 53.3 Å². The van der Waals surface area contributed by atoms with E-state index in [1.165, 1.54) is 4.90 Å². The van der Waals surface area contributed by atoms with Gasteiger partial charge < -0.3 is 9.64 Å². The zero-order chi connectivity index (χ0) is 14.0. The highest BCUT2D eigenvalue weighted by Crippen LogP contribution is 2.37. The first kappa shape index (κ1) is 15.5. The number of nitrogens with zero attached hydrogens (tertiary/aromatic N) is 2. The molecule has 1 fully saturated rings. The molecule has 1 saturated heterocycles. The van der Waals surface area contributed by atoms with Crippen molar-refractivity contribution >= 4 is 28.7 Å². The Morgan fingerprint density at radius 1 is 1.61 bits per heavy atom. The van der Waals surface area contributed by atoms with Crippen molar-refractivity contribution < 1.29 is 13.9 Å². The second-order valence-corrected chi connectivity index (χ2v) is 6.63. The van der Waals surface area contributed by atoms with Gasteiger partial charge in [-0.15, -0.1) is 0 Å². The Labute approximate surface area is 121 Å². The number of hydrogen-bond donors (Lipinski definition) is 0. The minimum atomic E-state index is -1.18. The van der Waals surface area contributed by atoms with Crippen molar-refractivity contribution in [2.75, 3.05) is 17.5 Å². The summed E-state index contributed by atoms with van der Waals surface area (Å²) in [5.41, 5.74) is -1.61. The first-order valence-electron chi connectivity index (χ1n) is 5.83. The van der Waals surface area contributed by atoms with Crippen LogP contribution >= 0.6 is 22.6 Å². The fourth-order valence-corrected chi connectivity index (χ4v) is 2.35. The van der Waals surface area contributed by atoms with E-state index in [0.717, 1.165) is 0 Å². The zero-order valence-electron chi connectivity index (χ0n) is 10.9. The molecule has 6 heteroatoms. The molecule has 0 saturated carbocycles. The van der Waals surface area contributed by atoms with Gasteiger partial charge in [-0.05, 0) is 27.2 Å². The first-order chi connectivity index (χ1) is 8.24. The highest BCUT2D eigenvalue weighted by Gasteiger charge is 2.52. The standard InChI is InChI=1S/C12H18FIN2O2/c1-11(2,3)18-10(17)16-7-12(6-15,8-16)9(13)4-5-14/h9H,4-5,7-8H2,1-3H3. The van der Waals surface area contributed by atoms with Crippen molar-refractivity contribution in [2.45, 2.75) is 39.0 Å². The van der Waals surface area contributed by atoms with Crippen molar-refractivity contribution in [3.63, 3.8) is 0 Å². The minimum absolute atomic E-state index is 0.121. The smallest absolute Gasteiger partial charge is 0.410 e. The van der Waals surface area contributed by atoms with Crippen LogP contribution in [0.15, 0.2) is 0 Å². The monoisotopic (exact) mass is 368 g/mol. The Morgan fingerprint density at radius 3 is 2.56 bits per heavy atom. The van der Waals surface area contributed by atoms with Gasteiger partial charge in [0.25, 0.3) is 0 Å². The third-order valence-electron chi connectivity index (χ3n) is 2.78. The summed E-state index contributed by atoms with van der Waals surface area (Å²) in [5.74, 6) is 0. The molecule has 1 aliphatic rings. The van der Waals surface area contributed by atoms with Gasteiger partial charge in [-0.3, -0.25) is 0 Å². The molecule has 0 radical (unpaired) electrons. The minimum Gasteiger partial charge on any atom is -0.444 e. The average molecular weight is 368 g/mol. The van der Waals surface area contributed by atoms with Gasteiger partial charge in [0.15, 0.2) is 0 Å². The number of likely N-dealkylation sites (tertiary alicyclic amines) is 1. The Balaban J connectivity index is 2.55. The third-order valence-corrected chi connectivity index (χ3v) is 3.41. The molecule has 0 aromatic rings. The molecule has 0 spiro atoms. The van der Waals surface area contributed by atoms with E-state index in [1.54, 1.807) is 20.8 Å². The summed E-state index contributed by atoms with van der Waals surface area (Å²) in [4.78, 5) is 13.1. The quantitative estimate of drug-likeness (QED) is 0.569. The molecule has 1 amide bonds. The van der Waals surface area contributed by atoms with Crippen LogP contribution in [0.1, 0.15) is 27.2 Å². The molecule has 0 bridgehead atoms. The van der Waals surface area contributed by atoms with E-state index in [1.807, 2.05) is 6.07 Å². The van der Waals surface area contributed by atoms with Crippen LogP contribution in [-0.4, -0.2) is 40.3 Å². The van der Waals surface area contributed by atoms with Crippen molar-refractivity contribution in [2.24, 2.45) is 5.41 Å². The maximum absolute atomic E-state index is 13.9. The van der Waals surface area contributed by atoms with E-state index >= 15 is 0 Å². The van der Waals surface area contributed by atoms with Crippen molar-refractivity contribution in [3.05, 3.63) is 0 Å². The number of carbonyl (C=O) groups excluding carboxylic acids is 1. The lowest BCUT2D eigenvalue weighted by atomic mass is 9.76. The van der Waals surface area contributed by atoms with E-state index in [4.69, 9.17) is 10.00 Å². The van der Waals surface area contributed by atoms with E-state index in [0.29, 0.717) is 10.8 Å². The summed E-state index contributed by atoms with van der Waals surface area (Å²) in [6, 6.07) is 2.02. The molecule has 1 unspecified atom stereocenters. The van der Waals surface area contributed by atoms with Crippen LogP contribution < -0.4 is 0 Å². The highest BCUT2D eigenvalue weighted by atomic mass is 127. The summed E-state index contributed by atoms with van der Waals surface area (Å²) in [6.07, 6.45) is -1.32. The molecular weight excluding hydrogens is 350 g/mol. The Hall–Kier alpha value is -0.580. The number of nitriles is 1. The average Bonchev–Trinajstić information content (AvgIpc) is 2.14. The van der Waals surface area contributed by atoms with Gasteiger partial charge in [-0.1, -0.05) is 22.6 Å². The highest BCUT2D eigenvalue weighted by molar-refractivity contribution is 14.1. The third kappa shape index (κ3) is 3.46. The van der Waals surface area contributed by atoms with Crippen molar-refractivity contribution in [1.29, 1.82) is 5.26 Å². The molecule has 102 valence electrons. The van der Waals surface area contributed by atoms with E-state index in [9.17, 15) is 9.18 Å². The summed E-state index contributed by atoms with van der Waals surface area (Å²) in [6.45, 7) is 5.56. The summed E-state index contributed by atoms with van der Waals surface area (Å²) < 4.78 is 19.7. The fourth-order valence-electron chi connectivity index (χ4n) is 1.80. The SMILES string of the molecule is CC(C)(C)OC(=O)N1CC(C#N)(C(F)CCI)C1. The molecule has 1 aliphatic heterocycles. The molecule has 1 rings (SSSR count). The molecule has 18 heavy (non-hydrogen) atoms. The Bertz CT molecular complexity index is 356. The first-order valence-corrected chi connectivity index (χ1v) is 7.36. The number of ether oxygens (including phenoxy) is 1. The lowest BCUT2D eigenvalue weighted by Crippen LogP contribution is -2.62. The number of rotatable bonds is 3. The van der Waals surface area contributed by atoms with E-state index in [-0.39, 0.29) is 13.1 Å². The van der Waals surface area contributed by atoms with Crippen LogP contribution in [0.5, 0.6) is 0 Å². The van der Waals surface area contributed by atoms with E-state index < -0.39 is 23.3 Å². The second kappa shape index (κ2) is 5.59. The van der Waals surface area contributed by atoms with Gasteiger partial charge in [0.1, 0.15) is 17.2 Å². The molecule has 1 atom stereocenters. The van der Waals surface area contributed by atoms with Gasteiger partial charge in [0, 0.05) is 17.5 Å². The normalized spacial score (nSPS) is 19.7. The Morgan fingerprint density at radius 2 is 2.17 bits per heavy atom. The predicted octanol–water partition coefficient (Wildman–Crippen LogP) is 2.91. The lowest BCUT2D eigenvalue weighted by molar-refractivity contribution is -0.0410. The van der Waals surface area contributed by atoms with E-state index in [2.05, 4.69) is 22.6 Å². The lowest BCUT2D eigenvalue weighted by Gasteiger charge is -2.46. The largest absolute Gasteiger partial charge is 0.444 e. The van der Waals surface area contributed by atoms with Gasteiger partial charge in [0.2, 0.25) is 0 Å². The molecule has 4 nitrogen and oxygen atoms in total. The number of alkyl halides is 2. The van der Waals surface area contributed by atoms with Crippen LogP contribution in [-0.2, 0) is 4.74 Å². The summed E-state index contributed by atoms with van der Waals surface area (Å²) in [7, 11) is 0. The molecular formula is C12H18FIN2O2. The zero-order valence-corrected chi connectivity index (χ0v) is 13.0.